The van der Waals surface area contributed by atoms with Crippen molar-refractivity contribution in [3.63, 3.8) is 0 Å². The Hall–Kier alpha value is -3.29. The Morgan fingerprint density at radius 3 is 2.24 bits per heavy atom. The van der Waals surface area contributed by atoms with E-state index in [4.69, 9.17) is 4.74 Å². The summed E-state index contributed by atoms with van der Waals surface area (Å²) in [6, 6.07) is 12.7. The van der Waals surface area contributed by atoms with Crippen LogP contribution in [-0.4, -0.2) is 36.8 Å². The highest BCUT2D eigenvalue weighted by molar-refractivity contribution is 5.89. The predicted octanol–water partition coefficient (Wildman–Crippen LogP) is 4.11. The molecule has 0 saturated heterocycles. The maximum absolute atomic E-state index is 12.1. The molecule has 0 aliphatic carbocycles. The molecule has 29 heavy (non-hydrogen) atoms. The van der Waals surface area contributed by atoms with Crippen LogP contribution in [0, 0.1) is 6.92 Å². The van der Waals surface area contributed by atoms with Gasteiger partial charge < -0.3 is 14.4 Å². The lowest BCUT2D eigenvalue weighted by molar-refractivity contribution is -0.274. The third-order valence-corrected chi connectivity index (χ3v) is 3.83. The summed E-state index contributed by atoms with van der Waals surface area (Å²) in [4.78, 5) is 25.2. The second-order valence-electron chi connectivity index (χ2n) is 6.29. The number of esters is 1. The molecule has 0 aliphatic heterocycles. The van der Waals surface area contributed by atoms with Gasteiger partial charge in [-0.1, -0.05) is 42.0 Å². The van der Waals surface area contributed by atoms with Crippen molar-refractivity contribution in [3.05, 3.63) is 71.3 Å². The summed E-state index contributed by atoms with van der Waals surface area (Å²) in [5.41, 5.74) is 2.54. The lowest BCUT2D eigenvalue weighted by Crippen LogP contribution is -2.30. The summed E-state index contributed by atoms with van der Waals surface area (Å²) in [5.74, 6) is -1.46. The average molecular weight is 407 g/mol. The number of rotatable bonds is 7. The van der Waals surface area contributed by atoms with Gasteiger partial charge in [0, 0.05) is 19.7 Å². The minimum atomic E-state index is -4.76. The Labute approximate surface area is 166 Å². The van der Waals surface area contributed by atoms with Crippen LogP contribution in [0.4, 0.5) is 13.2 Å². The molecule has 154 valence electrons. The topological polar surface area (TPSA) is 55.8 Å². The van der Waals surface area contributed by atoms with Gasteiger partial charge in [0.1, 0.15) is 5.75 Å². The molecule has 0 atom stereocenters. The summed E-state index contributed by atoms with van der Waals surface area (Å²) >= 11 is 0. The third kappa shape index (κ3) is 8.08. The highest BCUT2D eigenvalue weighted by Crippen LogP contribution is 2.23. The van der Waals surface area contributed by atoms with E-state index in [2.05, 4.69) is 4.74 Å². The van der Waals surface area contributed by atoms with E-state index in [0.717, 1.165) is 29.3 Å². The van der Waals surface area contributed by atoms with Crippen molar-refractivity contribution in [3.8, 4) is 5.75 Å². The summed E-state index contributed by atoms with van der Waals surface area (Å²) in [6.45, 7) is 1.94. The van der Waals surface area contributed by atoms with Crippen LogP contribution in [0.2, 0.25) is 0 Å². The van der Waals surface area contributed by atoms with Crippen molar-refractivity contribution < 1.29 is 32.2 Å². The highest BCUT2D eigenvalue weighted by Gasteiger charge is 2.30. The van der Waals surface area contributed by atoms with Gasteiger partial charge in [-0.3, -0.25) is 4.79 Å². The number of carbonyl (C=O) groups is 2. The molecular weight excluding hydrogens is 387 g/mol. The maximum Gasteiger partial charge on any atom is 0.573 e. The monoisotopic (exact) mass is 407 g/mol. The van der Waals surface area contributed by atoms with Crippen LogP contribution < -0.4 is 4.74 Å². The quantitative estimate of drug-likeness (QED) is 0.512. The van der Waals surface area contributed by atoms with E-state index < -0.39 is 18.9 Å². The number of carbonyl (C=O) groups excluding carboxylic acids is 2. The van der Waals surface area contributed by atoms with Crippen LogP contribution in [0.5, 0.6) is 5.75 Å². The summed E-state index contributed by atoms with van der Waals surface area (Å²) in [7, 11) is 1.61. The zero-order valence-corrected chi connectivity index (χ0v) is 15.9. The van der Waals surface area contributed by atoms with Crippen molar-refractivity contribution in [1.82, 2.24) is 4.90 Å². The first-order chi connectivity index (χ1) is 13.6. The van der Waals surface area contributed by atoms with E-state index in [1.165, 1.54) is 23.1 Å². The summed E-state index contributed by atoms with van der Waals surface area (Å²) in [5, 5.41) is 0. The first-order valence-electron chi connectivity index (χ1n) is 8.62. The Bertz CT molecular complexity index is 859. The van der Waals surface area contributed by atoms with E-state index in [-0.39, 0.29) is 11.7 Å². The number of hydrogen-bond acceptors (Lipinski definition) is 4. The zero-order chi connectivity index (χ0) is 21.4. The fourth-order valence-corrected chi connectivity index (χ4v) is 2.29. The Balaban J connectivity index is 1.79. The summed E-state index contributed by atoms with van der Waals surface area (Å²) < 4.78 is 45.0. The SMILES string of the molecule is Cc1ccc(CN(C)C(=O)COC(=O)/C=C/c2ccc(OC(F)(F)F)cc2)cc1. The number of halogens is 3. The molecule has 2 aromatic rings. The molecule has 0 radical (unpaired) electrons. The molecule has 8 heteroatoms. The van der Waals surface area contributed by atoms with Gasteiger partial charge in [0.05, 0.1) is 0 Å². The molecule has 0 fully saturated rings. The minimum Gasteiger partial charge on any atom is -0.452 e. The average Bonchev–Trinajstić information content (AvgIpc) is 2.66. The van der Waals surface area contributed by atoms with Gasteiger partial charge in [-0.25, -0.2) is 4.79 Å². The van der Waals surface area contributed by atoms with Gasteiger partial charge in [0.2, 0.25) is 0 Å². The molecule has 0 spiro atoms. The minimum absolute atomic E-state index is 0.360. The van der Waals surface area contributed by atoms with E-state index in [9.17, 15) is 22.8 Å². The Kier molecular flexibility index (Phi) is 7.41. The second-order valence-corrected chi connectivity index (χ2v) is 6.29. The molecule has 0 bridgehead atoms. The van der Waals surface area contributed by atoms with Gasteiger partial charge in [-0.15, -0.1) is 13.2 Å². The van der Waals surface area contributed by atoms with Gasteiger partial charge in [0.25, 0.3) is 5.91 Å². The van der Waals surface area contributed by atoms with Crippen LogP contribution in [0.3, 0.4) is 0 Å². The fraction of sp³-hybridized carbons (Fsp3) is 0.238. The number of aryl methyl sites for hydroxylation is 1. The number of hydrogen-bond donors (Lipinski definition) is 0. The van der Waals surface area contributed by atoms with E-state index in [0.29, 0.717) is 12.1 Å². The molecule has 1 amide bonds. The van der Waals surface area contributed by atoms with Gasteiger partial charge >= 0.3 is 12.3 Å². The number of amides is 1. The van der Waals surface area contributed by atoms with Gasteiger partial charge in [-0.05, 0) is 36.3 Å². The number of likely N-dealkylation sites (N-methyl/N-ethyl adjacent to an activating group) is 1. The predicted molar refractivity (Wildman–Crippen MR) is 101 cm³/mol. The van der Waals surface area contributed by atoms with Crippen molar-refractivity contribution in [2.45, 2.75) is 19.8 Å². The van der Waals surface area contributed by atoms with Crippen molar-refractivity contribution in [2.75, 3.05) is 13.7 Å². The molecule has 0 N–H and O–H groups in total. The molecule has 5 nitrogen and oxygen atoms in total. The number of alkyl halides is 3. The lowest BCUT2D eigenvalue weighted by atomic mass is 10.1. The fourth-order valence-electron chi connectivity index (χ4n) is 2.29. The van der Waals surface area contributed by atoms with Gasteiger partial charge in [-0.2, -0.15) is 0 Å². The van der Waals surface area contributed by atoms with Crippen molar-refractivity contribution in [2.24, 2.45) is 0 Å². The largest absolute Gasteiger partial charge is 0.573 e. The maximum atomic E-state index is 12.1. The lowest BCUT2D eigenvalue weighted by Gasteiger charge is -2.17. The van der Waals surface area contributed by atoms with Crippen LogP contribution >= 0.6 is 0 Å². The smallest absolute Gasteiger partial charge is 0.452 e. The highest BCUT2D eigenvalue weighted by atomic mass is 19.4. The van der Waals surface area contributed by atoms with Crippen LogP contribution in [0.15, 0.2) is 54.6 Å². The van der Waals surface area contributed by atoms with E-state index in [1.807, 2.05) is 31.2 Å². The van der Waals surface area contributed by atoms with E-state index in [1.54, 1.807) is 7.05 Å². The standard InChI is InChI=1S/C21H20F3NO4/c1-15-3-5-17(6-4-15)13-25(2)19(26)14-28-20(27)12-9-16-7-10-18(11-8-16)29-21(22,23)24/h3-12H,13-14H2,1-2H3/b12-9+. The molecule has 2 aromatic carbocycles. The first-order valence-corrected chi connectivity index (χ1v) is 8.62. The van der Waals surface area contributed by atoms with Crippen molar-refractivity contribution in [1.29, 1.82) is 0 Å². The van der Waals surface area contributed by atoms with Crippen LogP contribution in [0.1, 0.15) is 16.7 Å². The molecule has 0 unspecified atom stereocenters. The zero-order valence-electron chi connectivity index (χ0n) is 15.9. The first kappa shape index (κ1) is 22.0. The van der Waals surface area contributed by atoms with Crippen molar-refractivity contribution >= 4 is 18.0 Å². The number of benzene rings is 2. The normalized spacial score (nSPS) is 11.3. The molecule has 0 aliphatic rings. The van der Waals surface area contributed by atoms with Crippen LogP contribution in [-0.2, 0) is 20.9 Å². The molecular formula is C21H20F3NO4. The molecule has 0 aromatic heterocycles. The van der Waals surface area contributed by atoms with Crippen LogP contribution in [0.25, 0.3) is 6.08 Å². The number of nitrogens with zero attached hydrogens (tertiary/aromatic N) is 1. The Morgan fingerprint density at radius 1 is 1.03 bits per heavy atom. The van der Waals surface area contributed by atoms with Gasteiger partial charge in [0.15, 0.2) is 6.61 Å². The molecule has 0 saturated carbocycles. The second kappa shape index (κ2) is 9.77. The third-order valence-electron chi connectivity index (χ3n) is 3.83. The molecule has 0 heterocycles. The number of ether oxygens (including phenoxy) is 2. The summed E-state index contributed by atoms with van der Waals surface area (Å²) in [6.07, 6.45) is -2.31. The Morgan fingerprint density at radius 2 is 1.66 bits per heavy atom. The van der Waals surface area contributed by atoms with E-state index >= 15 is 0 Å². The molecule has 2 rings (SSSR count).